The molecule has 0 aliphatic heterocycles. The van der Waals surface area contributed by atoms with Gasteiger partial charge in [-0.1, -0.05) is 24.8 Å². The summed E-state index contributed by atoms with van der Waals surface area (Å²) in [5.74, 6) is -0.151. The molecule has 0 amide bonds. The molecule has 2 saturated carbocycles. The molecule has 0 radical (unpaired) electrons. The Hall–Kier alpha value is -0.790. The molecule has 96 valence electrons. The molecule has 0 aromatic heterocycles. The van der Waals surface area contributed by atoms with Crippen molar-refractivity contribution in [3.05, 3.63) is 11.6 Å². The van der Waals surface area contributed by atoms with Gasteiger partial charge in [-0.15, -0.1) is 0 Å². The molecule has 2 fully saturated rings. The Morgan fingerprint density at radius 2 is 1.82 bits per heavy atom. The van der Waals surface area contributed by atoms with E-state index in [0.717, 1.165) is 12.8 Å². The number of esters is 1. The highest BCUT2D eigenvalue weighted by Crippen LogP contribution is 2.48. The van der Waals surface area contributed by atoms with E-state index < -0.39 is 0 Å². The molecule has 2 rings (SSSR count). The van der Waals surface area contributed by atoms with Crippen LogP contribution in [0.1, 0.15) is 64.7 Å². The molecular formula is C15H24O2. The van der Waals surface area contributed by atoms with Gasteiger partial charge in [0.1, 0.15) is 0 Å². The molecule has 17 heavy (non-hydrogen) atoms. The molecular weight excluding hydrogens is 212 g/mol. The zero-order chi connectivity index (χ0) is 12.1. The normalized spacial score (nSPS) is 23.5. The number of hydrogen-bond acceptors (Lipinski definition) is 2. The molecule has 0 N–H and O–H groups in total. The quantitative estimate of drug-likeness (QED) is 0.535. The van der Waals surface area contributed by atoms with E-state index in [1.807, 2.05) is 6.92 Å². The zero-order valence-electron chi connectivity index (χ0n) is 11.0. The fourth-order valence-electron chi connectivity index (χ4n) is 3.40. The Kier molecular flexibility index (Phi) is 4.25. The highest BCUT2D eigenvalue weighted by Gasteiger charge is 2.34. The maximum absolute atomic E-state index is 11.4. The van der Waals surface area contributed by atoms with E-state index >= 15 is 0 Å². The lowest BCUT2D eigenvalue weighted by Gasteiger charge is -2.41. The van der Waals surface area contributed by atoms with Gasteiger partial charge in [-0.3, -0.25) is 0 Å². The molecule has 2 nitrogen and oxygen atoms in total. The number of carbonyl (C=O) groups excluding carboxylic acids is 1. The van der Waals surface area contributed by atoms with Gasteiger partial charge in [-0.25, -0.2) is 4.79 Å². The van der Waals surface area contributed by atoms with Crippen LogP contribution in [0.4, 0.5) is 0 Å². The standard InChI is InChI=1S/C15H24O2/c1-2-17-14(16)12-13-6-10-15(11-7-13)8-4-3-5-9-15/h12H,2-11H2,1H3. The Morgan fingerprint density at radius 3 is 2.41 bits per heavy atom. The van der Waals surface area contributed by atoms with Crippen LogP contribution in [-0.4, -0.2) is 12.6 Å². The second-order valence-electron chi connectivity index (χ2n) is 5.62. The maximum atomic E-state index is 11.4. The van der Waals surface area contributed by atoms with Crippen molar-refractivity contribution < 1.29 is 9.53 Å². The number of hydrogen-bond donors (Lipinski definition) is 0. The number of carbonyl (C=O) groups is 1. The van der Waals surface area contributed by atoms with Crippen molar-refractivity contribution in [1.29, 1.82) is 0 Å². The Balaban J connectivity index is 1.86. The van der Waals surface area contributed by atoms with Gasteiger partial charge in [0.15, 0.2) is 0 Å². The molecule has 2 aliphatic carbocycles. The summed E-state index contributed by atoms with van der Waals surface area (Å²) < 4.78 is 4.97. The second kappa shape index (κ2) is 5.70. The van der Waals surface area contributed by atoms with Crippen LogP contribution < -0.4 is 0 Å². The van der Waals surface area contributed by atoms with Gasteiger partial charge in [0.05, 0.1) is 6.61 Å². The highest BCUT2D eigenvalue weighted by molar-refractivity contribution is 5.82. The monoisotopic (exact) mass is 236 g/mol. The summed E-state index contributed by atoms with van der Waals surface area (Å²) in [6.07, 6.45) is 13.6. The molecule has 0 aromatic carbocycles. The summed E-state index contributed by atoms with van der Waals surface area (Å²) in [6, 6.07) is 0. The molecule has 0 bridgehead atoms. The van der Waals surface area contributed by atoms with E-state index in [9.17, 15) is 4.79 Å². The molecule has 0 unspecified atom stereocenters. The van der Waals surface area contributed by atoms with E-state index in [-0.39, 0.29) is 5.97 Å². The highest BCUT2D eigenvalue weighted by atomic mass is 16.5. The Bertz CT molecular complexity index is 286. The maximum Gasteiger partial charge on any atom is 0.330 e. The van der Waals surface area contributed by atoms with Crippen LogP contribution in [0.15, 0.2) is 11.6 Å². The van der Waals surface area contributed by atoms with Gasteiger partial charge < -0.3 is 4.74 Å². The predicted molar refractivity (Wildman–Crippen MR) is 68.7 cm³/mol. The lowest BCUT2D eigenvalue weighted by molar-refractivity contribution is -0.137. The van der Waals surface area contributed by atoms with Gasteiger partial charge >= 0.3 is 5.97 Å². The first-order valence-electron chi connectivity index (χ1n) is 7.10. The molecule has 1 spiro atoms. The van der Waals surface area contributed by atoms with Crippen molar-refractivity contribution >= 4 is 5.97 Å². The zero-order valence-corrected chi connectivity index (χ0v) is 11.0. The molecule has 2 aliphatic rings. The van der Waals surface area contributed by atoms with E-state index in [0.29, 0.717) is 12.0 Å². The first-order chi connectivity index (χ1) is 8.24. The summed E-state index contributed by atoms with van der Waals surface area (Å²) in [4.78, 5) is 11.4. The van der Waals surface area contributed by atoms with Crippen molar-refractivity contribution in [3.8, 4) is 0 Å². The van der Waals surface area contributed by atoms with Gasteiger partial charge in [-0.05, 0) is 50.9 Å². The number of allylic oxidation sites excluding steroid dienone is 1. The second-order valence-corrected chi connectivity index (χ2v) is 5.62. The van der Waals surface area contributed by atoms with Gasteiger partial charge in [0.25, 0.3) is 0 Å². The lowest BCUT2D eigenvalue weighted by Crippen LogP contribution is -2.27. The summed E-state index contributed by atoms with van der Waals surface area (Å²) in [5, 5.41) is 0. The van der Waals surface area contributed by atoms with Crippen LogP contribution >= 0.6 is 0 Å². The summed E-state index contributed by atoms with van der Waals surface area (Å²) >= 11 is 0. The van der Waals surface area contributed by atoms with E-state index in [4.69, 9.17) is 4.74 Å². The van der Waals surface area contributed by atoms with Crippen LogP contribution in [0.25, 0.3) is 0 Å². The van der Waals surface area contributed by atoms with Crippen molar-refractivity contribution in [1.82, 2.24) is 0 Å². The molecule has 0 heterocycles. The first-order valence-corrected chi connectivity index (χ1v) is 7.10. The first kappa shape index (κ1) is 12.7. The average molecular weight is 236 g/mol. The molecule has 0 saturated heterocycles. The number of ether oxygens (including phenoxy) is 1. The van der Waals surface area contributed by atoms with Crippen LogP contribution in [0.3, 0.4) is 0 Å². The van der Waals surface area contributed by atoms with E-state index in [2.05, 4.69) is 0 Å². The summed E-state index contributed by atoms with van der Waals surface area (Å²) in [7, 11) is 0. The number of rotatable bonds is 2. The summed E-state index contributed by atoms with van der Waals surface area (Å²) in [6.45, 7) is 2.33. The third-order valence-corrected chi connectivity index (χ3v) is 4.48. The van der Waals surface area contributed by atoms with Crippen molar-refractivity contribution in [2.24, 2.45) is 5.41 Å². The minimum atomic E-state index is -0.151. The SMILES string of the molecule is CCOC(=O)C=C1CCC2(CCCCC2)CC1. The fraction of sp³-hybridized carbons (Fsp3) is 0.800. The average Bonchev–Trinajstić information content (AvgIpc) is 2.34. The van der Waals surface area contributed by atoms with Crippen molar-refractivity contribution in [2.75, 3.05) is 6.61 Å². The van der Waals surface area contributed by atoms with Gasteiger partial charge in [-0.2, -0.15) is 0 Å². The van der Waals surface area contributed by atoms with E-state index in [1.165, 1.54) is 50.5 Å². The lowest BCUT2D eigenvalue weighted by atomic mass is 9.64. The molecule has 2 heteroatoms. The van der Waals surface area contributed by atoms with Crippen LogP contribution in [0.5, 0.6) is 0 Å². The Morgan fingerprint density at radius 1 is 1.18 bits per heavy atom. The van der Waals surface area contributed by atoms with Gasteiger partial charge in [0.2, 0.25) is 0 Å². The van der Waals surface area contributed by atoms with Gasteiger partial charge in [0, 0.05) is 6.08 Å². The third-order valence-electron chi connectivity index (χ3n) is 4.48. The predicted octanol–water partition coefficient (Wildman–Crippen LogP) is 4.00. The third kappa shape index (κ3) is 3.34. The molecule has 0 aromatic rings. The van der Waals surface area contributed by atoms with Crippen LogP contribution in [0.2, 0.25) is 0 Å². The molecule has 0 atom stereocenters. The van der Waals surface area contributed by atoms with E-state index in [1.54, 1.807) is 6.08 Å². The summed E-state index contributed by atoms with van der Waals surface area (Å²) in [5.41, 5.74) is 1.93. The smallest absolute Gasteiger partial charge is 0.330 e. The van der Waals surface area contributed by atoms with Crippen molar-refractivity contribution in [2.45, 2.75) is 64.7 Å². The topological polar surface area (TPSA) is 26.3 Å². The Labute approximate surface area is 104 Å². The fourth-order valence-corrected chi connectivity index (χ4v) is 3.40. The van der Waals surface area contributed by atoms with Crippen LogP contribution in [0, 0.1) is 5.41 Å². The van der Waals surface area contributed by atoms with Crippen molar-refractivity contribution in [3.63, 3.8) is 0 Å². The minimum absolute atomic E-state index is 0.151. The van der Waals surface area contributed by atoms with Crippen LogP contribution in [-0.2, 0) is 9.53 Å². The largest absolute Gasteiger partial charge is 0.463 e. The minimum Gasteiger partial charge on any atom is -0.463 e.